The van der Waals surface area contributed by atoms with Crippen LogP contribution in [-0.4, -0.2) is 21.7 Å². The predicted molar refractivity (Wildman–Crippen MR) is 60.5 cm³/mol. The molecule has 2 aromatic heterocycles. The fourth-order valence-corrected chi connectivity index (χ4v) is 2.05. The molecule has 16 heavy (non-hydrogen) atoms. The highest BCUT2D eigenvalue weighted by Crippen LogP contribution is 2.24. The lowest BCUT2D eigenvalue weighted by Crippen LogP contribution is -2.11. The van der Waals surface area contributed by atoms with Crippen LogP contribution in [0.2, 0.25) is 0 Å². The zero-order valence-electron chi connectivity index (χ0n) is 8.77. The van der Waals surface area contributed by atoms with Crippen LogP contribution in [0.1, 0.15) is 11.9 Å². The first kappa shape index (κ1) is 11.1. The molecule has 0 aliphatic heterocycles. The molecule has 2 rings (SSSR count). The summed E-state index contributed by atoms with van der Waals surface area (Å²) in [5.41, 5.74) is 0.454. The summed E-state index contributed by atoms with van der Waals surface area (Å²) in [5, 5.41) is 12.5. The van der Waals surface area contributed by atoms with Crippen LogP contribution >= 0.6 is 11.3 Å². The average molecular weight is 238 g/mol. The van der Waals surface area contributed by atoms with E-state index in [0.29, 0.717) is 17.1 Å². The molecule has 0 bridgehead atoms. The molecular weight excluding hydrogens is 227 g/mol. The lowest BCUT2D eigenvalue weighted by atomic mass is 10.3. The maximum Gasteiger partial charge on any atom is 0.151 e. The number of hydrogen-bond acceptors (Lipinski definition) is 5. The number of hydrogen-bond donors (Lipinski definition) is 1. The van der Waals surface area contributed by atoms with Gasteiger partial charge in [0.15, 0.2) is 10.8 Å². The fourth-order valence-electron chi connectivity index (χ4n) is 1.21. The van der Waals surface area contributed by atoms with Crippen molar-refractivity contribution in [2.45, 2.75) is 13.5 Å². The first-order chi connectivity index (χ1) is 7.81. The predicted octanol–water partition coefficient (Wildman–Crippen LogP) is 1.85. The van der Waals surface area contributed by atoms with E-state index in [2.05, 4.69) is 20.5 Å². The standard InChI is InChI=1S/C10H11FN4S/c1-2-12-6-9-14-15-10(16-9)7-3-4-13-5-8(7)11/h3-5,12H,2,6H2,1H3. The quantitative estimate of drug-likeness (QED) is 0.883. The summed E-state index contributed by atoms with van der Waals surface area (Å²) < 4.78 is 13.4. The van der Waals surface area contributed by atoms with Gasteiger partial charge >= 0.3 is 0 Å². The number of halogens is 1. The Balaban J connectivity index is 2.22. The summed E-state index contributed by atoms with van der Waals surface area (Å²) >= 11 is 1.39. The van der Waals surface area contributed by atoms with Crippen molar-refractivity contribution in [3.63, 3.8) is 0 Å². The third-order valence-corrected chi connectivity index (χ3v) is 2.95. The summed E-state index contributed by atoms with van der Waals surface area (Å²) in [6, 6.07) is 1.60. The molecule has 0 aliphatic carbocycles. The molecule has 0 aromatic carbocycles. The van der Waals surface area contributed by atoms with Gasteiger partial charge in [-0.25, -0.2) is 4.39 Å². The Hall–Kier alpha value is -1.40. The number of pyridine rings is 1. The SMILES string of the molecule is CCNCc1nnc(-c2ccncc2F)s1. The topological polar surface area (TPSA) is 50.7 Å². The van der Waals surface area contributed by atoms with Crippen LogP contribution in [0.15, 0.2) is 18.5 Å². The van der Waals surface area contributed by atoms with E-state index in [1.807, 2.05) is 6.92 Å². The van der Waals surface area contributed by atoms with Gasteiger partial charge in [-0.1, -0.05) is 18.3 Å². The van der Waals surface area contributed by atoms with Crippen molar-refractivity contribution in [2.75, 3.05) is 6.54 Å². The van der Waals surface area contributed by atoms with E-state index < -0.39 is 0 Å². The van der Waals surface area contributed by atoms with E-state index in [-0.39, 0.29) is 5.82 Å². The number of nitrogens with zero attached hydrogens (tertiary/aromatic N) is 3. The highest BCUT2D eigenvalue weighted by Gasteiger charge is 2.10. The molecule has 0 atom stereocenters. The molecule has 0 unspecified atom stereocenters. The van der Waals surface area contributed by atoms with Crippen molar-refractivity contribution >= 4 is 11.3 Å². The van der Waals surface area contributed by atoms with Crippen LogP contribution in [0.5, 0.6) is 0 Å². The van der Waals surface area contributed by atoms with Crippen LogP contribution in [0.3, 0.4) is 0 Å². The molecule has 2 aromatic rings. The second kappa shape index (κ2) is 5.09. The summed E-state index contributed by atoms with van der Waals surface area (Å²) in [6.45, 7) is 3.56. The van der Waals surface area contributed by atoms with Crippen molar-refractivity contribution in [3.05, 3.63) is 29.3 Å². The monoisotopic (exact) mass is 238 g/mol. The van der Waals surface area contributed by atoms with Gasteiger partial charge in [-0.3, -0.25) is 4.98 Å². The molecule has 2 heterocycles. The Labute approximate surface area is 96.6 Å². The van der Waals surface area contributed by atoms with Crippen molar-refractivity contribution in [1.29, 1.82) is 0 Å². The molecular formula is C10H11FN4S. The molecule has 84 valence electrons. The molecule has 1 N–H and O–H groups in total. The van der Waals surface area contributed by atoms with Crippen molar-refractivity contribution in [1.82, 2.24) is 20.5 Å². The van der Waals surface area contributed by atoms with Crippen molar-refractivity contribution in [3.8, 4) is 10.6 Å². The zero-order chi connectivity index (χ0) is 11.4. The number of rotatable bonds is 4. The second-order valence-electron chi connectivity index (χ2n) is 3.14. The van der Waals surface area contributed by atoms with E-state index in [9.17, 15) is 4.39 Å². The van der Waals surface area contributed by atoms with E-state index in [0.717, 1.165) is 11.6 Å². The van der Waals surface area contributed by atoms with Gasteiger partial charge in [0, 0.05) is 12.7 Å². The highest BCUT2D eigenvalue weighted by molar-refractivity contribution is 7.14. The smallest absolute Gasteiger partial charge is 0.151 e. The van der Waals surface area contributed by atoms with Gasteiger partial charge < -0.3 is 5.32 Å². The summed E-state index contributed by atoms with van der Waals surface area (Å²) in [5.74, 6) is -0.367. The van der Waals surface area contributed by atoms with Gasteiger partial charge in [-0.05, 0) is 12.6 Å². The molecule has 0 saturated carbocycles. The van der Waals surface area contributed by atoms with Gasteiger partial charge in [0.05, 0.1) is 11.8 Å². The maximum absolute atomic E-state index is 13.4. The van der Waals surface area contributed by atoms with E-state index in [4.69, 9.17) is 0 Å². The Kier molecular flexibility index (Phi) is 3.53. The molecule has 6 heteroatoms. The van der Waals surface area contributed by atoms with Gasteiger partial charge in [0.2, 0.25) is 0 Å². The minimum atomic E-state index is -0.367. The Bertz CT molecular complexity index is 471. The zero-order valence-corrected chi connectivity index (χ0v) is 9.59. The summed E-state index contributed by atoms with van der Waals surface area (Å²) in [7, 11) is 0. The molecule has 0 aliphatic rings. The molecule has 0 spiro atoms. The van der Waals surface area contributed by atoms with E-state index in [1.54, 1.807) is 12.3 Å². The molecule has 0 radical (unpaired) electrons. The lowest BCUT2D eigenvalue weighted by molar-refractivity contribution is 0.624. The third kappa shape index (κ3) is 2.40. The first-order valence-corrected chi connectivity index (χ1v) is 5.76. The van der Waals surface area contributed by atoms with E-state index in [1.165, 1.54) is 17.5 Å². The fraction of sp³-hybridized carbons (Fsp3) is 0.300. The molecule has 0 fully saturated rings. The Morgan fingerprint density at radius 2 is 2.31 bits per heavy atom. The molecule has 0 amide bonds. The Morgan fingerprint density at radius 3 is 3.06 bits per heavy atom. The van der Waals surface area contributed by atoms with E-state index >= 15 is 0 Å². The van der Waals surface area contributed by atoms with Crippen LogP contribution in [0, 0.1) is 5.82 Å². The van der Waals surface area contributed by atoms with Crippen LogP contribution < -0.4 is 5.32 Å². The van der Waals surface area contributed by atoms with Crippen LogP contribution in [-0.2, 0) is 6.54 Å². The first-order valence-electron chi connectivity index (χ1n) is 4.94. The van der Waals surface area contributed by atoms with Crippen LogP contribution in [0.25, 0.3) is 10.6 Å². The molecule has 4 nitrogen and oxygen atoms in total. The molecule has 0 saturated heterocycles. The Morgan fingerprint density at radius 1 is 1.44 bits per heavy atom. The van der Waals surface area contributed by atoms with Crippen molar-refractivity contribution in [2.24, 2.45) is 0 Å². The van der Waals surface area contributed by atoms with Gasteiger partial charge in [-0.15, -0.1) is 10.2 Å². The lowest BCUT2D eigenvalue weighted by Gasteiger charge is -1.95. The largest absolute Gasteiger partial charge is 0.311 e. The highest BCUT2D eigenvalue weighted by atomic mass is 32.1. The second-order valence-corrected chi connectivity index (χ2v) is 4.20. The minimum absolute atomic E-state index is 0.367. The summed E-state index contributed by atoms with van der Waals surface area (Å²) in [6.07, 6.45) is 2.73. The third-order valence-electron chi connectivity index (χ3n) is 2.00. The van der Waals surface area contributed by atoms with Gasteiger partial charge in [-0.2, -0.15) is 0 Å². The van der Waals surface area contributed by atoms with Crippen LogP contribution in [0.4, 0.5) is 4.39 Å². The number of nitrogens with one attached hydrogen (secondary N) is 1. The minimum Gasteiger partial charge on any atom is -0.311 e. The normalized spacial score (nSPS) is 10.6. The van der Waals surface area contributed by atoms with Gasteiger partial charge in [0.1, 0.15) is 5.01 Å². The van der Waals surface area contributed by atoms with Gasteiger partial charge in [0.25, 0.3) is 0 Å². The summed E-state index contributed by atoms with van der Waals surface area (Å²) in [4.78, 5) is 3.70. The average Bonchev–Trinajstić information content (AvgIpc) is 2.75. The maximum atomic E-state index is 13.4. The van der Waals surface area contributed by atoms with Crippen molar-refractivity contribution < 1.29 is 4.39 Å². The number of aromatic nitrogens is 3.